The minimum atomic E-state index is -0.657. The lowest BCUT2D eigenvalue weighted by Crippen LogP contribution is -2.42. The van der Waals surface area contributed by atoms with Crippen molar-refractivity contribution in [1.82, 2.24) is 18.7 Å². The Bertz CT molecular complexity index is 1890. The minimum Gasteiger partial charge on any atom is -0.361 e. The van der Waals surface area contributed by atoms with E-state index in [1.807, 2.05) is 30.5 Å². The van der Waals surface area contributed by atoms with Gasteiger partial charge in [0.2, 0.25) is 0 Å². The van der Waals surface area contributed by atoms with E-state index in [2.05, 4.69) is 10.3 Å². The Morgan fingerprint density at radius 3 is 2.53 bits per heavy atom. The van der Waals surface area contributed by atoms with Crippen LogP contribution in [0.15, 0.2) is 63.0 Å². The number of aryl methyl sites for hydroxylation is 2. The number of aromatic amines is 1. The van der Waals surface area contributed by atoms with Gasteiger partial charge < -0.3 is 10.3 Å². The summed E-state index contributed by atoms with van der Waals surface area (Å²) in [4.78, 5) is 44.1. The van der Waals surface area contributed by atoms with Crippen LogP contribution in [0.4, 0.5) is 15.8 Å². The molecule has 0 radical (unpaired) electrons. The molecule has 0 amide bonds. The molecule has 0 aliphatic heterocycles. The quantitative estimate of drug-likeness (QED) is 0.400. The van der Waals surface area contributed by atoms with E-state index in [1.54, 1.807) is 19.9 Å². The topological polar surface area (TPSA) is 93.8 Å². The zero-order chi connectivity index (χ0) is 25.3. The largest absolute Gasteiger partial charge is 0.361 e. The van der Waals surface area contributed by atoms with Gasteiger partial charge in [0.1, 0.15) is 16.9 Å². The maximum Gasteiger partial charge on any atom is 0.337 e. The van der Waals surface area contributed by atoms with Gasteiger partial charge >= 0.3 is 5.69 Å². The lowest BCUT2D eigenvalue weighted by molar-refractivity contribution is 0.596. The van der Waals surface area contributed by atoms with Gasteiger partial charge in [-0.1, -0.05) is 12.1 Å². The lowest BCUT2D eigenvalue weighted by Gasteiger charge is -2.21. The number of nitrogens with one attached hydrogen (secondary N) is 2. The van der Waals surface area contributed by atoms with E-state index in [-0.39, 0.29) is 22.8 Å². The highest BCUT2D eigenvalue weighted by atomic mass is 19.1. The fraction of sp³-hybridized carbons (Fsp3) is 0.222. The third-order valence-corrected chi connectivity index (χ3v) is 6.94. The molecule has 182 valence electrons. The van der Waals surface area contributed by atoms with E-state index in [0.29, 0.717) is 35.3 Å². The normalized spacial score (nSPS) is 13.6. The summed E-state index contributed by atoms with van der Waals surface area (Å²) >= 11 is 0. The minimum absolute atomic E-state index is 0.0115. The number of H-pyrrole nitrogens is 1. The maximum absolute atomic E-state index is 15.2. The molecule has 0 bridgehead atoms. The second kappa shape index (κ2) is 7.81. The van der Waals surface area contributed by atoms with E-state index in [0.717, 1.165) is 15.5 Å². The first-order valence-corrected chi connectivity index (χ1v) is 11.8. The number of pyridine rings is 1. The number of anilines is 2. The van der Waals surface area contributed by atoms with Crippen molar-refractivity contribution >= 4 is 33.3 Å². The van der Waals surface area contributed by atoms with Gasteiger partial charge in [0, 0.05) is 41.4 Å². The summed E-state index contributed by atoms with van der Waals surface area (Å²) in [5, 5.41) is 4.35. The average Bonchev–Trinajstić information content (AvgIpc) is 3.55. The Hall–Kier alpha value is -4.40. The van der Waals surface area contributed by atoms with Crippen LogP contribution in [0.2, 0.25) is 0 Å². The monoisotopic (exact) mass is 485 g/mol. The van der Waals surface area contributed by atoms with Gasteiger partial charge in [0.05, 0.1) is 11.4 Å². The summed E-state index contributed by atoms with van der Waals surface area (Å²) in [5.74, 6) is -0.612. The second-order valence-corrected chi connectivity index (χ2v) is 9.41. The molecule has 0 unspecified atom stereocenters. The van der Waals surface area contributed by atoms with Crippen LogP contribution in [0.5, 0.6) is 0 Å². The Kier molecular flexibility index (Phi) is 4.79. The molecule has 1 aliphatic carbocycles. The average molecular weight is 486 g/mol. The number of hydrogen-bond donors (Lipinski definition) is 2. The molecule has 6 rings (SSSR count). The number of benzene rings is 2. The van der Waals surface area contributed by atoms with Gasteiger partial charge in [0.25, 0.3) is 11.1 Å². The number of fused-ring (bicyclic) bond motifs is 2. The fourth-order valence-corrected chi connectivity index (χ4v) is 4.94. The van der Waals surface area contributed by atoms with E-state index in [4.69, 9.17) is 0 Å². The second-order valence-electron chi connectivity index (χ2n) is 9.41. The van der Waals surface area contributed by atoms with Crippen molar-refractivity contribution in [3.05, 3.63) is 96.8 Å². The molecule has 3 heterocycles. The van der Waals surface area contributed by atoms with E-state index in [9.17, 15) is 14.4 Å². The molecule has 5 aromatic rings. The summed E-state index contributed by atoms with van der Waals surface area (Å²) in [7, 11) is 1.50. The molecule has 2 N–H and O–H groups in total. The van der Waals surface area contributed by atoms with Crippen LogP contribution in [-0.4, -0.2) is 18.7 Å². The van der Waals surface area contributed by atoms with Crippen LogP contribution in [-0.2, 0) is 7.05 Å². The predicted octanol–water partition coefficient (Wildman–Crippen LogP) is 4.17. The number of halogens is 1. The highest BCUT2D eigenvalue weighted by Crippen LogP contribution is 2.35. The lowest BCUT2D eigenvalue weighted by atomic mass is 10.1. The van der Waals surface area contributed by atoms with Crippen LogP contribution in [0, 0.1) is 19.7 Å². The van der Waals surface area contributed by atoms with Gasteiger partial charge in [-0.3, -0.25) is 18.7 Å². The zero-order valence-corrected chi connectivity index (χ0v) is 20.1. The zero-order valence-electron chi connectivity index (χ0n) is 20.1. The van der Waals surface area contributed by atoms with E-state index in [1.165, 1.54) is 28.3 Å². The number of rotatable bonds is 4. The Morgan fingerprint density at radius 2 is 1.81 bits per heavy atom. The molecule has 0 atom stereocenters. The van der Waals surface area contributed by atoms with Crippen molar-refractivity contribution in [1.29, 1.82) is 0 Å². The van der Waals surface area contributed by atoms with Gasteiger partial charge in [0.15, 0.2) is 0 Å². The van der Waals surface area contributed by atoms with Crippen molar-refractivity contribution < 1.29 is 4.39 Å². The van der Waals surface area contributed by atoms with Crippen molar-refractivity contribution in [2.24, 2.45) is 7.05 Å². The van der Waals surface area contributed by atoms with Gasteiger partial charge in [-0.15, -0.1) is 0 Å². The van der Waals surface area contributed by atoms with Gasteiger partial charge in [-0.25, -0.2) is 13.8 Å². The van der Waals surface area contributed by atoms with Crippen LogP contribution in [0.25, 0.3) is 27.6 Å². The first kappa shape index (κ1) is 22.1. The molecule has 9 heteroatoms. The highest BCUT2D eigenvalue weighted by molar-refractivity contribution is 5.99. The smallest absolute Gasteiger partial charge is 0.337 e. The van der Waals surface area contributed by atoms with Crippen LogP contribution < -0.4 is 22.1 Å². The van der Waals surface area contributed by atoms with Crippen molar-refractivity contribution in [2.75, 3.05) is 5.32 Å². The summed E-state index contributed by atoms with van der Waals surface area (Å²) in [6.07, 6.45) is 3.18. The first-order valence-electron chi connectivity index (χ1n) is 11.8. The van der Waals surface area contributed by atoms with Crippen LogP contribution >= 0.6 is 0 Å². The molecule has 1 saturated carbocycles. The highest BCUT2D eigenvalue weighted by Gasteiger charge is 2.32. The molecule has 2 aromatic carbocycles. The van der Waals surface area contributed by atoms with Crippen LogP contribution in [0.1, 0.15) is 30.0 Å². The van der Waals surface area contributed by atoms with Gasteiger partial charge in [-0.2, -0.15) is 0 Å². The predicted molar refractivity (Wildman–Crippen MR) is 138 cm³/mol. The molecule has 1 aliphatic rings. The molecule has 0 saturated heterocycles. The summed E-state index contributed by atoms with van der Waals surface area (Å²) < 4.78 is 18.9. The third kappa shape index (κ3) is 3.16. The summed E-state index contributed by atoms with van der Waals surface area (Å²) in [6.45, 7) is 3.39. The van der Waals surface area contributed by atoms with Crippen molar-refractivity contribution in [2.45, 2.75) is 32.7 Å². The molecule has 8 nitrogen and oxygen atoms in total. The van der Waals surface area contributed by atoms with E-state index < -0.39 is 22.6 Å². The third-order valence-electron chi connectivity index (χ3n) is 6.94. The number of hydrogen-bond acceptors (Lipinski definition) is 4. The number of nitrogens with zero attached hydrogens (tertiary/aromatic N) is 3. The molecular formula is C27H24FN5O3. The molecule has 3 aromatic heterocycles. The maximum atomic E-state index is 15.2. The Morgan fingerprint density at radius 1 is 1.03 bits per heavy atom. The molecular weight excluding hydrogens is 461 g/mol. The fourth-order valence-electron chi connectivity index (χ4n) is 4.94. The first-order chi connectivity index (χ1) is 17.3. The summed E-state index contributed by atoms with van der Waals surface area (Å²) in [5.41, 5.74) is 1.40. The number of aromatic nitrogens is 4. The van der Waals surface area contributed by atoms with Crippen molar-refractivity contribution in [3.63, 3.8) is 0 Å². The van der Waals surface area contributed by atoms with Crippen LogP contribution in [0.3, 0.4) is 0 Å². The van der Waals surface area contributed by atoms with Crippen molar-refractivity contribution in [3.8, 4) is 5.69 Å². The van der Waals surface area contributed by atoms with E-state index >= 15 is 4.39 Å². The standard InChI is InChI=1S/C27H24FN5O3/c1-14-7-10-21(18(28)13-14)33-24-22(26(35)32(27(33)36)16-8-9-16)23(15(2)25(34)31(24)3)30-20-6-4-5-19-17(20)11-12-29-19/h4-7,10-13,16,29-30H,8-9H2,1-3H3. The SMILES string of the molecule is Cc1ccc(-n2c(=O)n(C3CC3)c(=O)c3c(Nc4cccc5[nH]ccc45)c(C)c(=O)n(C)c32)c(F)c1. The summed E-state index contributed by atoms with van der Waals surface area (Å²) in [6, 6.07) is 11.8. The molecule has 36 heavy (non-hydrogen) atoms. The molecule has 1 fully saturated rings. The Balaban J connectivity index is 1.78. The molecule has 0 spiro atoms. The Labute approximate surface area is 204 Å². The van der Waals surface area contributed by atoms with Gasteiger partial charge in [-0.05, 0) is 62.6 Å².